The highest BCUT2D eigenvalue weighted by Crippen LogP contribution is 2.41. The van der Waals surface area contributed by atoms with E-state index in [0.717, 1.165) is 30.5 Å². The maximum Gasteiger partial charge on any atom is 0.321 e. The Morgan fingerprint density at radius 1 is 1.07 bits per heavy atom. The van der Waals surface area contributed by atoms with Crippen molar-refractivity contribution in [3.05, 3.63) is 27.6 Å². The molecule has 0 saturated heterocycles. The lowest BCUT2D eigenvalue weighted by atomic mass is 9.90. The van der Waals surface area contributed by atoms with Crippen molar-refractivity contribution in [3.8, 4) is 0 Å². The number of hydrogen-bond acceptors (Lipinski definition) is 2. The van der Waals surface area contributed by atoms with Crippen LogP contribution in [0.15, 0.2) is 22.4 Å². The molecule has 1 N–H and O–H groups in total. The third kappa shape index (κ3) is 0.967. The van der Waals surface area contributed by atoms with Crippen molar-refractivity contribution in [1.29, 1.82) is 0 Å². The first-order valence-corrected chi connectivity index (χ1v) is 5.28. The van der Waals surface area contributed by atoms with E-state index < -0.39 is 0 Å². The van der Waals surface area contributed by atoms with Gasteiger partial charge in [-0.1, -0.05) is 5.57 Å². The van der Waals surface area contributed by atoms with Gasteiger partial charge in [0.15, 0.2) is 0 Å². The Morgan fingerprint density at radius 2 is 1.93 bits per heavy atom. The minimum atomic E-state index is -0.196. The van der Waals surface area contributed by atoms with E-state index in [2.05, 4.69) is 0 Å². The second-order valence-corrected chi connectivity index (χ2v) is 4.32. The van der Waals surface area contributed by atoms with Gasteiger partial charge in [0.05, 0.1) is 6.42 Å². The summed E-state index contributed by atoms with van der Waals surface area (Å²) in [5, 5.41) is 11.3. The largest absolute Gasteiger partial charge is 0.621 e. The molecule has 3 heteroatoms. The Labute approximate surface area is 82.7 Å². The molecule has 0 aromatic carbocycles. The number of carbonyl (C=O) groups excluding carboxylic acids is 1. The number of amides is 1. The van der Waals surface area contributed by atoms with Crippen molar-refractivity contribution in [3.63, 3.8) is 0 Å². The predicted molar refractivity (Wildman–Crippen MR) is 51.1 cm³/mol. The van der Waals surface area contributed by atoms with Gasteiger partial charge in [-0.05, 0) is 31.3 Å². The molecule has 0 aromatic rings. The third-order valence-electron chi connectivity index (χ3n) is 3.60. The molecule has 1 unspecified atom stereocenters. The average molecular weight is 191 g/mol. The number of hydrogen-bond donors (Lipinski definition) is 1. The van der Waals surface area contributed by atoms with Crippen LogP contribution in [0.1, 0.15) is 38.5 Å². The molecule has 14 heavy (non-hydrogen) atoms. The van der Waals surface area contributed by atoms with Crippen LogP contribution in [0, 0.1) is 5.21 Å². The number of rotatable bonds is 0. The Kier molecular flexibility index (Phi) is 1.66. The van der Waals surface area contributed by atoms with E-state index >= 15 is 0 Å². The first-order valence-electron chi connectivity index (χ1n) is 5.28. The first kappa shape index (κ1) is 8.38. The smallest absolute Gasteiger partial charge is 0.321 e. The molecule has 0 fully saturated rings. The SMILES string of the molecule is O=C1CC2=C(CCC3=C2CCC3)[NH+]1[O-]. The Hall–Kier alpha value is -0.930. The van der Waals surface area contributed by atoms with Crippen LogP contribution in [0.3, 0.4) is 0 Å². The summed E-state index contributed by atoms with van der Waals surface area (Å²) in [6, 6.07) is 0. The highest BCUT2D eigenvalue weighted by atomic mass is 16.5. The fraction of sp³-hybridized carbons (Fsp3) is 0.545. The van der Waals surface area contributed by atoms with E-state index in [9.17, 15) is 10.0 Å². The van der Waals surface area contributed by atoms with Gasteiger partial charge in [0.2, 0.25) is 0 Å². The van der Waals surface area contributed by atoms with Crippen molar-refractivity contribution in [1.82, 2.24) is 0 Å². The lowest BCUT2D eigenvalue weighted by Gasteiger charge is -2.20. The minimum Gasteiger partial charge on any atom is -0.621 e. The van der Waals surface area contributed by atoms with Gasteiger partial charge in [0.25, 0.3) is 0 Å². The van der Waals surface area contributed by atoms with Crippen LogP contribution >= 0.6 is 0 Å². The van der Waals surface area contributed by atoms with Gasteiger partial charge in [0, 0.05) is 12.0 Å². The standard InChI is InChI=1S/C11H13NO2/c13-11-6-9-8-3-1-2-7(8)4-5-10(9)12(11)14/h12H,1-6H2. The number of hydroxylamine groups is 2. The second-order valence-electron chi connectivity index (χ2n) is 4.32. The number of carbonyl (C=O) groups is 1. The molecule has 74 valence electrons. The molecule has 1 aliphatic heterocycles. The molecular formula is C11H13NO2. The van der Waals surface area contributed by atoms with Crippen LogP contribution in [0.2, 0.25) is 0 Å². The molecule has 1 heterocycles. The maximum absolute atomic E-state index is 11.5. The Morgan fingerprint density at radius 3 is 2.79 bits per heavy atom. The minimum absolute atomic E-state index is 0.185. The van der Waals surface area contributed by atoms with Gasteiger partial charge in [-0.25, -0.2) is 4.79 Å². The third-order valence-corrected chi connectivity index (χ3v) is 3.60. The van der Waals surface area contributed by atoms with E-state index in [1.165, 1.54) is 24.0 Å². The van der Waals surface area contributed by atoms with Crippen molar-refractivity contribution >= 4 is 5.91 Å². The normalized spacial score (nSPS) is 31.2. The topological polar surface area (TPSA) is 44.6 Å². The van der Waals surface area contributed by atoms with Crippen molar-refractivity contribution in [2.45, 2.75) is 38.5 Å². The molecule has 3 nitrogen and oxygen atoms in total. The summed E-state index contributed by atoms with van der Waals surface area (Å²) in [5.74, 6) is -0.185. The summed E-state index contributed by atoms with van der Waals surface area (Å²) in [4.78, 5) is 11.3. The van der Waals surface area contributed by atoms with Gasteiger partial charge in [-0.15, -0.1) is 0 Å². The van der Waals surface area contributed by atoms with Gasteiger partial charge >= 0.3 is 5.91 Å². The first-order chi connectivity index (χ1) is 6.77. The lowest BCUT2D eigenvalue weighted by Crippen LogP contribution is -3.06. The number of quaternary nitrogens is 1. The molecule has 0 aromatic heterocycles. The van der Waals surface area contributed by atoms with E-state index in [1.807, 2.05) is 0 Å². The highest BCUT2D eigenvalue weighted by Gasteiger charge is 2.37. The monoisotopic (exact) mass is 191 g/mol. The van der Waals surface area contributed by atoms with Crippen LogP contribution in [-0.4, -0.2) is 5.91 Å². The lowest BCUT2D eigenvalue weighted by molar-refractivity contribution is -0.717. The summed E-state index contributed by atoms with van der Waals surface area (Å²) in [6.07, 6.45) is 5.73. The molecular weight excluding hydrogens is 178 g/mol. The zero-order valence-corrected chi connectivity index (χ0v) is 8.06. The summed E-state index contributed by atoms with van der Waals surface area (Å²) < 4.78 is 0. The fourth-order valence-corrected chi connectivity index (χ4v) is 2.93. The summed E-state index contributed by atoms with van der Waals surface area (Å²) in [6.45, 7) is 0. The second kappa shape index (κ2) is 2.78. The van der Waals surface area contributed by atoms with Crippen LogP contribution in [0.25, 0.3) is 0 Å². The number of allylic oxidation sites excluding steroid dienone is 3. The molecule has 1 atom stereocenters. The Balaban J connectivity index is 2.06. The van der Waals surface area contributed by atoms with Crippen LogP contribution in [0.5, 0.6) is 0 Å². The zero-order chi connectivity index (χ0) is 9.71. The molecule has 0 spiro atoms. The van der Waals surface area contributed by atoms with Gasteiger partial charge in [-0.2, -0.15) is 0 Å². The molecule has 0 saturated carbocycles. The van der Waals surface area contributed by atoms with Gasteiger partial charge in [0.1, 0.15) is 5.70 Å². The Bertz CT molecular complexity index is 379. The summed E-state index contributed by atoms with van der Waals surface area (Å²) in [7, 11) is 0. The zero-order valence-electron chi connectivity index (χ0n) is 8.06. The van der Waals surface area contributed by atoms with Gasteiger partial charge in [-0.3, -0.25) is 5.06 Å². The van der Waals surface area contributed by atoms with E-state index in [4.69, 9.17) is 0 Å². The summed E-state index contributed by atoms with van der Waals surface area (Å²) in [5.41, 5.74) is 4.84. The molecule has 3 aliphatic rings. The highest BCUT2D eigenvalue weighted by molar-refractivity contribution is 5.77. The van der Waals surface area contributed by atoms with E-state index in [1.54, 1.807) is 0 Å². The molecule has 2 aliphatic carbocycles. The molecule has 3 rings (SSSR count). The molecule has 0 radical (unpaired) electrons. The quantitative estimate of drug-likeness (QED) is 0.576. The maximum atomic E-state index is 11.5. The van der Waals surface area contributed by atoms with E-state index in [0.29, 0.717) is 6.42 Å². The van der Waals surface area contributed by atoms with Gasteiger partial charge < -0.3 is 5.21 Å². The summed E-state index contributed by atoms with van der Waals surface area (Å²) >= 11 is 0. The predicted octanol–water partition coefficient (Wildman–Crippen LogP) is 0.828. The van der Waals surface area contributed by atoms with Crippen LogP contribution in [-0.2, 0) is 4.79 Å². The van der Waals surface area contributed by atoms with Crippen molar-refractivity contribution < 1.29 is 9.86 Å². The molecule has 1 amide bonds. The fourth-order valence-electron chi connectivity index (χ4n) is 2.93. The van der Waals surface area contributed by atoms with Crippen molar-refractivity contribution in [2.24, 2.45) is 0 Å². The van der Waals surface area contributed by atoms with E-state index in [-0.39, 0.29) is 11.0 Å². The average Bonchev–Trinajstić information content (AvgIpc) is 2.73. The number of nitrogens with one attached hydrogen (secondary N) is 1. The molecule has 0 bridgehead atoms. The van der Waals surface area contributed by atoms with Crippen LogP contribution in [0.4, 0.5) is 0 Å². The van der Waals surface area contributed by atoms with Crippen molar-refractivity contribution in [2.75, 3.05) is 0 Å². The number of fused-ring (bicyclic) bond motifs is 1. The van der Waals surface area contributed by atoms with Crippen LogP contribution < -0.4 is 5.06 Å².